The molecule has 0 saturated heterocycles. The number of carbonyl (C=O) groups excluding carboxylic acids is 2. The number of alkyl halides is 2. The van der Waals surface area contributed by atoms with E-state index in [1.54, 1.807) is 6.92 Å². The van der Waals surface area contributed by atoms with Crippen molar-refractivity contribution in [1.29, 1.82) is 0 Å². The van der Waals surface area contributed by atoms with E-state index in [9.17, 15) is 18.4 Å². The second-order valence-electron chi connectivity index (χ2n) is 4.63. The molecule has 0 radical (unpaired) electrons. The topological polar surface area (TPSA) is 78.4 Å². The normalized spacial score (nSPS) is 11.0. The van der Waals surface area contributed by atoms with Crippen LogP contribution >= 0.6 is 0 Å². The number of halogens is 2. The van der Waals surface area contributed by atoms with E-state index in [-0.39, 0.29) is 17.7 Å². The van der Waals surface area contributed by atoms with Gasteiger partial charge in [-0.15, -0.1) is 0 Å². The van der Waals surface area contributed by atoms with Crippen LogP contribution in [0.2, 0.25) is 0 Å². The van der Waals surface area contributed by atoms with E-state index in [4.69, 9.17) is 9.47 Å². The lowest BCUT2D eigenvalue weighted by Gasteiger charge is -2.17. The molecule has 0 saturated carbocycles. The van der Waals surface area contributed by atoms with Gasteiger partial charge >= 0.3 is 11.9 Å². The third-order valence-electron chi connectivity index (χ3n) is 2.98. The van der Waals surface area contributed by atoms with Gasteiger partial charge in [0.05, 0.1) is 6.61 Å². The van der Waals surface area contributed by atoms with Gasteiger partial charge in [0.1, 0.15) is 11.3 Å². The second-order valence-corrected chi connectivity index (χ2v) is 4.63. The number of hydrogen-bond acceptors (Lipinski definition) is 6. The van der Waals surface area contributed by atoms with Crippen LogP contribution in [0.1, 0.15) is 33.3 Å². The summed E-state index contributed by atoms with van der Waals surface area (Å²) < 4.78 is 38.0. The minimum Gasteiger partial charge on any atom is -0.470 e. The molecule has 2 heterocycles. The lowest BCUT2D eigenvalue weighted by atomic mass is 10.1. The molecular formula is C16H14F2N2O4. The fraction of sp³-hybridized carbons (Fsp3) is 0.250. The predicted molar refractivity (Wildman–Crippen MR) is 79.2 cm³/mol. The summed E-state index contributed by atoms with van der Waals surface area (Å²) in [6.07, 6.45) is 2.82. The van der Waals surface area contributed by atoms with Crippen LogP contribution in [0.15, 0.2) is 36.7 Å². The maximum atomic E-state index is 14.1. The van der Waals surface area contributed by atoms with Crippen LogP contribution in [0, 0.1) is 0 Å². The SMILES string of the molecule is CCOC(=O)c1c(C=O)ccnc1OCC(F)(F)c1ccccn1. The molecule has 8 heteroatoms. The van der Waals surface area contributed by atoms with Gasteiger partial charge in [0.2, 0.25) is 5.88 Å². The summed E-state index contributed by atoms with van der Waals surface area (Å²) in [7, 11) is 0. The molecule has 0 bridgehead atoms. The molecule has 0 atom stereocenters. The van der Waals surface area contributed by atoms with Gasteiger partial charge in [0.15, 0.2) is 12.9 Å². The van der Waals surface area contributed by atoms with Crippen molar-refractivity contribution in [2.24, 2.45) is 0 Å². The number of nitrogens with zero attached hydrogens (tertiary/aromatic N) is 2. The maximum Gasteiger partial charge on any atom is 0.344 e. The van der Waals surface area contributed by atoms with Gasteiger partial charge in [0.25, 0.3) is 0 Å². The van der Waals surface area contributed by atoms with Crippen molar-refractivity contribution in [2.45, 2.75) is 12.8 Å². The number of rotatable bonds is 7. The Kier molecular flexibility index (Phi) is 5.51. The van der Waals surface area contributed by atoms with E-state index in [2.05, 4.69) is 9.97 Å². The molecule has 0 fully saturated rings. The second kappa shape index (κ2) is 7.58. The molecule has 0 aliphatic heterocycles. The van der Waals surface area contributed by atoms with E-state index >= 15 is 0 Å². The molecule has 0 aliphatic rings. The Hall–Kier alpha value is -2.90. The highest BCUT2D eigenvalue weighted by molar-refractivity contribution is 6.00. The Morgan fingerprint density at radius 3 is 2.67 bits per heavy atom. The Bertz CT molecular complexity index is 723. The molecule has 0 spiro atoms. The number of carbonyl (C=O) groups is 2. The number of hydrogen-bond donors (Lipinski definition) is 0. The van der Waals surface area contributed by atoms with E-state index in [0.717, 1.165) is 6.07 Å². The van der Waals surface area contributed by atoms with Crippen LogP contribution in [0.25, 0.3) is 0 Å². The standard InChI is InChI=1S/C16H14F2N2O4/c1-2-23-15(22)13-11(9-21)6-8-20-14(13)24-10-16(17,18)12-5-3-4-7-19-12/h3-9H,2,10H2,1H3. The zero-order chi connectivity index (χ0) is 17.6. The van der Waals surface area contributed by atoms with E-state index in [1.165, 1.54) is 30.6 Å². The fourth-order valence-corrected chi connectivity index (χ4v) is 1.88. The van der Waals surface area contributed by atoms with Gasteiger partial charge in [-0.25, -0.2) is 9.78 Å². The molecule has 2 aromatic heterocycles. The Morgan fingerprint density at radius 1 is 1.25 bits per heavy atom. The average molecular weight is 336 g/mol. The molecule has 0 N–H and O–H groups in total. The van der Waals surface area contributed by atoms with E-state index in [1.807, 2.05) is 0 Å². The fourth-order valence-electron chi connectivity index (χ4n) is 1.88. The van der Waals surface area contributed by atoms with Crippen LogP contribution in [0.4, 0.5) is 8.78 Å². The maximum absolute atomic E-state index is 14.1. The highest BCUT2D eigenvalue weighted by Crippen LogP contribution is 2.28. The van der Waals surface area contributed by atoms with Crippen LogP contribution in [-0.4, -0.2) is 35.4 Å². The van der Waals surface area contributed by atoms with Crippen LogP contribution in [0.5, 0.6) is 5.88 Å². The van der Waals surface area contributed by atoms with Gasteiger partial charge in [0, 0.05) is 18.0 Å². The molecule has 0 amide bonds. The molecule has 126 valence electrons. The van der Waals surface area contributed by atoms with Gasteiger partial charge in [-0.3, -0.25) is 9.78 Å². The van der Waals surface area contributed by atoms with E-state index < -0.39 is 30.1 Å². The first-order chi connectivity index (χ1) is 11.5. The smallest absolute Gasteiger partial charge is 0.344 e. The van der Waals surface area contributed by atoms with Gasteiger partial charge in [-0.2, -0.15) is 8.78 Å². The molecule has 2 rings (SSSR count). The van der Waals surface area contributed by atoms with Crippen LogP contribution < -0.4 is 4.74 Å². The number of aldehydes is 1. The lowest BCUT2D eigenvalue weighted by Crippen LogP contribution is -2.25. The van der Waals surface area contributed by atoms with Crippen molar-refractivity contribution in [1.82, 2.24) is 9.97 Å². The number of pyridine rings is 2. The summed E-state index contributed by atoms with van der Waals surface area (Å²) >= 11 is 0. The average Bonchev–Trinajstić information content (AvgIpc) is 2.60. The number of esters is 1. The van der Waals surface area contributed by atoms with Crippen molar-refractivity contribution in [3.8, 4) is 5.88 Å². The van der Waals surface area contributed by atoms with Crippen molar-refractivity contribution in [2.75, 3.05) is 13.2 Å². The molecule has 0 aromatic carbocycles. The first kappa shape index (κ1) is 17.5. The molecule has 0 unspecified atom stereocenters. The third-order valence-corrected chi connectivity index (χ3v) is 2.98. The summed E-state index contributed by atoms with van der Waals surface area (Å²) in [5.41, 5.74) is -0.819. The molecule has 2 aromatic rings. The highest BCUT2D eigenvalue weighted by Gasteiger charge is 2.35. The summed E-state index contributed by atoms with van der Waals surface area (Å²) in [5.74, 6) is -4.66. The van der Waals surface area contributed by atoms with Crippen molar-refractivity contribution >= 4 is 12.3 Å². The monoisotopic (exact) mass is 336 g/mol. The predicted octanol–water partition coefficient (Wildman–Crippen LogP) is 2.64. The van der Waals surface area contributed by atoms with Crippen molar-refractivity contribution in [3.05, 3.63) is 53.5 Å². The first-order valence-electron chi connectivity index (χ1n) is 7.03. The van der Waals surface area contributed by atoms with Crippen LogP contribution in [-0.2, 0) is 10.7 Å². The first-order valence-corrected chi connectivity index (χ1v) is 7.03. The Labute approximate surface area is 136 Å². The minimum atomic E-state index is -3.40. The zero-order valence-corrected chi connectivity index (χ0v) is 12.7. The van der Waals surface area contributed by atoms with E-state index in [0.29, 0.717) is 6.29 Å². The summed E-state index contributed by atoms with van der Waals surface area (Å²) in [4.78, 5) is 30.3. The number of aromatic nitrogens is 2. The van der Waals surface area contributed by atoms with Crippen molar-refractivity contribution in [3.63, 3.8) is 0 Å². The highest BCUT2D eigenvalue weighted by atomic mass is 19.3. The summed E-state index contributed by atoms with van der Waals surface area (Å²) in [6, 6.07) is 5.36. The third kappa shape index (κ3) is 3.89. The quantitative estimate of drug-likeness (QED) is 0.571. The molecular weight excluding hydrogens is 322 g/mol. The summed E-state index contributed by atoms with van der Waals surface area (Å²) in [5, 5.41) is 0. The summed E-state index contributed by atoms with van der Waals surface area (Å²) in [6.45, 7) is 0.534. The largest absolute Gasteiger partial charge is 0.470 e. The molecule has 24 heavy (non-hydrogen) atoms. The van der Waals surface area contributed by atoms with Crippen LogP contribution in [0.3, 0.4) is 0 Å². The number of ether oxygens (including phenoxy) is 2. The van der Waals surface area contributed by atoms with Gasteiger partial charge in [-0.1, -0.05) is 6.07 Å². The van der Waals surface area contributed by atoms with Gasteiger partial charge < -0.3 is 9.47 Å². The Balaban J connectivity index is 2.26. The van der Waals surface area contributed by atoms with Gasteiger partial charge in [-0.05, 0) is 25.1 Å². The molecule has 0 aliphatic carbocycles. The zero-order valence-electron chi connectivity index (χ0n) is 12.7. The minimum absolute atomic E-state index is 0.0512. The lowest BCUT2D eigenvalue weighted by molar-refractivity contribution is -0.0519. The Morgan fingerprint density at radius 2 is 2.04 bits per heavy atom. The molecule has 6 nitrogen and oxygen atoms in total. The van der Waals surface area contributed by atoms with Crippen molar-refractivity contribution < 1.29 is 27.8 Å².